The van der Waals surface area contributed by atoms with E-state index in [9.17, 15) is 8.78 Å². The Bertz CT molecular complexity index is 568. The van der Waals surface area contributed by atoms with Crippen LogP contribution in [-0.2, 0) is 6.42 Å². The number of thiophene rings is 1. The van der Waals surface area contributed by atoms with Gasteiger partial charge < -0.3 is 0 Å². The van der Waals surface area contributed by atoms with E-state index in [0.717, 1.165) is 16.5 Å². The first-order valence-electron chi connectivity index (χ1n) is 5.31. The molecule has 0 bridgehead atoms. The van der Waals surface area contributed by atoms with Gasteiger partial charge in [0.25, 0.3) is 0 Å². The summed E-state index contributed by atoms with van der Waals surface area (Å²) >= 11 is 11.2. The van der Waals surface area contributed by atoms with E-state index < -0.39 is 11.6 Å². The summed E-state index contributed by atoms with van der Waals surface area (Å²) in [5.41, 5.74) is 1.35. The van der Waals surface area contributed by atoms with Gasteiger partial charge in [-0.2, -0.15) is 0 Å². The van der Waals surface area contributed by atoms with E-state index in [-0.39, 0.29) is 4.83 Å². The Morgan fingerprint density at radius 2 is 2.11 bits per heavy atom. The van der Waals surface area contributed by atoms with Gasteiger partial charge in [-0.1, -0.05) is 39.7 Å². The second-order valence-corrected chi connectivity index (χ2v) is 6.38. The van der Waals surface area contributed by atoms with Gasteiger partial charge in [-0.05, 0) is 35.9 Å². The van der Waals surface area contributed by atoms with Crippen molar-refractivity contribution in [3.05, 3.63) is 56.2 Å². The Labute approximate surface area is 122 Å². The van der Waals surface area contributed by atoms with Gasteiger partial charge in [0, 0.05) is 4.88 Å². The molecular formula is C13H10BrClF2S. The summed E-state index contributed by atoms with van der Waals surface area (Å²) in [4.78, 5) is 0.831. The lowest BCUT2D eigenvalue weighted by Crippen LogP contribution is -1.99. The van der Waals surface area contributed by atoms with Gasteiger partial charge in [0.05, 0.1) is 9.85 Å². The van der Waals surface area contributed by atoms with Crippen molar-refractivity contribution >= 4 is 38.9 Å². The topological polar surface area (TPSA) is 0 Å². The van der Waals surface area contributed by atoms with E-state index in [1.54, 1.807) is 6.07 Å². The first-order valence-corrected chi connectivity index (χ1v) is 7.48. The lowest BCUT2D eigenvalue weighted by molar-refractivity contribution is 0.498. The molecule has 96 valence electrons. The Balaban J connectivity index is 2.24. The molecule has 0 N–H and O–H groups in total. The largest absolute Gasteiger partial charge is 0.204 e. The molecule has 0 nitrogen and oxygen atoms in total. The van der Waals surface area contributed by atoms with E-state index in [1.165, 1.54) is 17.4 Å². The van der Waals surface area contributed by atoms with E-state index in [1.807, 2.05) is 12.3 Å². The molecule has 0 aliphatic heterocycles. The molecular weight excluding hydrogens is 342 g/mol. The van der Waals surface area contributed by atoms with E-state index in [4.69, 9.17) is 11.6 Å². The van der Waals surface area contributed by atoms with Gasteiger partial charge >= 0.3 is 0 Å². The van der Waals surface area contributed by atoms with E-state index >= 15 is 0 Å². The number of halogens is 4. The number of benzene rings is 1. The van der Waals surface area contributed by atoms with Crippen LogP contribution in [-0.4, -0.2) is 0 Å². The molecule has 0 amide bonds. The normalized spacial score (nSPS) is 12.7. The van der Waals surface area contributed by atoms with Crippen molar-refractivity contribution in [1.82, 2.24) is 0 Å². The molecule has 2 rings (SSSR count). The number of aryl methyl sites for hydroxylation is 1. The highest BCUT2D eigenvalue weighted by molar-refractivity contribution is 9.09. The van der Waals surface area contributed by atoms with Crippen LogP contribution in [0.3, 0.4) is 0 Å². The van der Waals surface area contributed by atoms with Crippen LogP contribution in [0.1, 0.15) is 20.8 Å². The summed E-state index contributed by atoms with van der Waals surface area (Å²) in [6.07, 6.45) is 0.364. The molecule has 1 unspecified atom stereocenters. The van der Waals surface area contributed by atoms with Gasteiger partial charge in [-0.3, -0.25) is 0 Å². The maximum Gasteiger partial charge on any atom is 0.162 e. The summed E-state index contributed by atoms with van der Waals surface area (Å²) in [7, 11) is 0. The van der Waals surface area contributed by atoms with Crippen molar-refractivity contribution in [1.29, 1.82) is 0 Å². The highest BCUT2D eigenvalue weighted by Crippen LogP contribution is 2.38. The second-order valence-electron chi connectivity index (χ2n) is 3.98. The van der Waals surface area contributed by atoms with E-state index in [0.29, 0.717) is 17.0 Å². The summed E-state index contributed by atoms with van der Waals surface area (Å²) < 4.78 is 26.7. The van der Waals surface area contributed by atoms with Crippen molar-refractivity contribution in [2.24, 2.45) is 0 Å². The lowest BCUT2D eigenvalue weighted by atomic mass is 10.1. The molecule has 1 heterocycles. The first-order chi connectivity index (χ1) is 8.50. The third-order valence-corrected chi connectivity index (χ3v) is 5.55. The van der Waals surface area contributed by atoms with E-state index in [2.05, 4.69) is 15.9 Å². The maximum atomic E-state index is 13.6. The van der Waals surface area contributed by atoms with Gasteiger partial charge in [-0.15, -0.1) is 11.3 Å². The number of hydrogen-bond acceptors (Lipinski definition) is 1. The average molecular weight is 352 g/mol. The highest BCUT2D eigenvalue weighted by Gasteiger charge is 2.18. The molecule has 2 aromatic rings. The zero-order valence-corrected chi connectivity index (χ0v) is 12.7. The van der Waals surface area contributed by atoms with Crippen LogP contribution < -0.4 is 0 Å². The number of alkyl halides is 1. The minimum Gasteiger partial charge on any atom is -0.204 e. The monoisotopic (exact) mass is 350 g/mol. The highest BCUT2D eigenvalue weighted by atomic mass is 79.9. The number of hydrogen-bond donors (Lipinski definition) is 0. The molecule has 0 radical (unpaired) electrons. The predicted molar refractivity (Wildman–Crippen MR) is 75.8 cm³/mol. The molecule has 0 saturated carbocycles. The quantitative estimate of drug-likeness (QED) is 0.625. The van der Waals surface area contributed by atoms with Crippen molar-refractivity contribution in [3.8, 4) is 0 Å². The van der Waals surface area contributed by atoms with Crippen molar-refractivity contribution < 1.29 is 8.78 Å². The molecule has 1 aromatic heterocycles. The van der Waals surface area contributed by atoms with Gasteiger partial charge in [-0.25, -0.2) is 8.78 Å². The number of rotatable bonds is 3. The van der Waals surface area contributed by atoms with Crippen molar-refractivity contribution in [2.45, 2.75) is 18.2 Å². The fraction of sp³-hybridized carbons (Fsp3) is 0.231. The Hall–Kier alpha value is -0.450. The average Bonchev–Trinajstić information content (AvgIpc) is 2.66. The van der Waals surface area contributed by atoms with Gasteiger partial charge in [0.1, 0.15) is 0 Å². The fourth-order valence-electron chi connectivity index (χ4n) is 1.65. The van der Waals surface area contributed by atoms with Crippen LogP contribution in [0.15, 0.2) is 23.6 Å². The molecule has 0 aliphatic carbocycles. The fourth-order valence-corrected chi connectivity index (χ4v) is 3.99. The lowest BCUT2D eigenvalue weighted by Gasteiger charge is -2.10. The molecule has 1 aromatic carbocycles. The Morgan fingerprint density at radius 3 is 2.72 bits per heavy atom. The first kappa shape index (κ1) is 14.0. The molecule has 0 spiro atoms. The van der Waals surface area contributed by atoms with Gasteiger partial charge in [0.15, 0.2) is 11.6 Å². The summed E-state index contributed by atoms with van der Waals surface area (Å²) in [6.45, 7) is 1.92. The van der Waals surface area contributed by atoms with Crippen LogP contribution in [0, 0.1) is 18.6 Å². The smallest absolute Gasteiger partial charge is 0.162 e. The minimum atomic E-state index is -0.819. The predicted octanol–water partition coefficient (Wildman–Crippen LogP) is 5.67. The standard InChI is InChI=1S/C13H10BrClF2S/c1-7-6-18-13(11(7)15)9(14)5-8-3-2-4-10(16)12(8)17/h2-4,6,9H,5H2,1H3. The molecule has 5 heteroatoms. The van der Waals surface area contributed by atoms with Crippen LogP contribution >= 0.6 is 38.9 Å². The van der Waals surface area contributed by atoms with Crippen LogP contribution in [0.25, 0.3) is 0 Å². The van der Waals surface area contributed by atoms with Gasteiger partial charge in [0.2, 0.25) is 0 Å². The summed E-state index contributed by atoms with van der Waals surface area (Å²) in [6, 6.07) is 4.21. The molecule has 0 fully saturated rings. The summed E-state index contributed by atoms with van der Waals surface area (Å²) in [5.74, 6) is -1.60. The van der Waals surface area contributed by atoms with Crippen molar-refractivity contribution in [3.63, 3.8) is 0 Å². The molecule has 1 atom stereocenters. The Kier molecular flexibility index (Phi) is 4.41. The SMILES string of the molecule is Cc1csc(C(Br)Cc2cccc(F)c2F)c1Cl. The molecule has 0 aliphatic rings. The Morgan fingerprint density at radius 1 is 1.39 bits per heavy atom. The molecule has 0 saturated heterocycles. The second kappa shape index (κ2) is 5.68. The molecule has 18 heavy (non-hydrogen) atoms. The minimum absolute atomic E-state index is 0.111. The third kappa shape index (κ3) is 2.76. The third-order valence-electron chi connectivity index (χ3n) is 2.64. The zero-order valence-electron chi connectivity index (χ0n) is 9.51. The van der Waals surface area contributed by atoms with Crippen molar-refractivity contribution in [2.75, 3.05) is 0 Å². The maximum absolute atomic E-state index is 13.6. The van der Waals surface area contributed by atoms with Crippen LogP contribution in [0.4, 0.5) is 8.78 Å². The van der Waals surface area contributed by atoms with Crippen LogP contribution in [0.2, 0.25) is 5.02 Å². The zero-order chi connectivity index (χ0) is 13.3. The van der Waals surface area contributed by atoms with Crippen LogP contribution in [0.5, 0.6) is 0 Å². The summed E-state index contributed by atoms with van der Waals surface area (Å²) in [5, 5.41) is 2.65.